The van der Waals surface area contributed by atoms with Crippen molar-refractivity contribution in [3.05, 3.63) is 0 Å². The average Bonchev–Trinajstić information content (AvgIpc) is 1.83. The maximum atomic E-state index is 9.92. The van der Waals surface area contributed by atoms with Gasteiger partial charge in [-0.05, 0) is 40.5 Å². The molecule has 0 aromatic carbocycles. The summed E-state index contributed by atoms with van der Waals surface area (Å²) < 4.78 is 11.2. The lowest BCUT2D eigenvalue weighted by Crippen LogP contribution is -2.47. The van der Waals surface area contributed by atoms with Crippen molar-refractivity contribution in [1.82, 2.24) is 0 Å². The van der Waals surface area contributed by atoms with E-state index in [9.17, 15) is 4.80 Å². The van der Waals surface area contributed by atoms with Crippen LogP contribution in [0.15, 0.2) is 0 Å². The Morgan fingerprint density at radius 2 is 1.31 bits per heavy atom. The van der Waals surface area contributed by atoms with E-state index in [1.807, 2.05) is 27.7 Å². The summed E-state index contributed by atoms with van der Waals surface area (Å²) in [5.74, 6) is 0. The molecule has 0 bridgehead atoms. The summed E-state index contributed by atoms with van der Waals surface area (Å²) in [5, 5.41) is 0. The van der Waals surface area contributed by atoms with Crippen LogP contribution in [0.4, 0.5) is 0 Å². The highest BCUT2D eigenvalue weighted by molar-refractivity contribution is 6.57. The predicted octanol–water partition coefficient (Wildman–Crippen LogP) is 1.93. The minimum absolute atomic E-state index is 0.260. The Kier molecular flexibility index (Phi) is 2.62. The van der Waals surface area contributed by atoms with Gasteiger partial charge in [0, 0.05) is 6.55 Å². The van der Waals surface area contributed by atoms with Crippen molar-refractivity contribution in [2.45, 2.75) is 58.3 Å². The van der Waals surface area contributed by atoms with Gasteiger partial charge in [-0.25, -0.2) is 0 Å². The van der Waals surface area contributed by atoms with E-state index in [1.165, 1.54) is 0 Å². The molecule has 0 unspecified atom stereocenters. The van der Waals surface area contributed by atoms with Crippen molar-refractivity contribution in [2.75, 3.05) is 0 Å². The van der Waals surface area contributed by atoms with Crippen LogP contribution in [-0.2, 0) is 8.85 Å². The molecule has 0 amide bonds. The summed E-state index contributed by atoms with van der Waals surface area (Å²) in [6.45, 7) is 9.68. The van der Waals surface area contributed by atoms with Gasteiger partial charge in [-0.2, -0.15) is 0 Å². The van der Waals surface area contributed by atoms with Crippen LogP contribution in [0.1, 0.15) is 40.5 Å². The van der Waals surface area contributed by atoms with Crippen LogP contribution < -0.4 is 0 Å². The SMILES string of the molecule is CC1(C)CCC(C)(C)O[Si](C)(O)O1. The molecule has 0 radical (unpaired) electrons. The van der Waals surface area contributed by atoms with Crippen molar-refractivity contribution in [1.29, 1.82) is 0 Å². The minimum atomic E-state index is -2.91. The summed E-state index contributed by atoms with van der Waals surface area (Å²) >= 11 is 0. The summed E-state index contributed by atoms with van der Waals surface area (Å²) in [6, 6.07) is 0. The van der Waals surface area contributed by atoms with Gasteiger partial charge in [-0.3, -0.25) is 0 Å². The van der Waals surface area contributed by atoms with Gasteiger partial charge in [0.1, 0.15) is 0 Å². The molecule has 1 aliphatic rings. The maximum Gasteiger partial charge on any atom is 0.495 e. The van der Waals surface area contributed by atoms with Crippen molar-refractivity contribution < 1.29 is 13.6 Å². The normalized spacial score (nSPS) is 30.9. The number of hydrogen-bond donors (Lipinski definition) is 1. The van der Waals surface area contributed by atoms with Crippen LogP contribution in [0.3, 0.4) is 0 Å². The molecule has 0 aromatic heterocycles. The van der Waals surface area contributed by atoms with E-state index in [4.69, 9.17) is 8.85 Å². The fourth-order valence-corrected chi connectivity index (χ4v) is 4.05. The minimum Gasteiger partial charge on any atom is -0.390 e. The van der Waals surface area contributed by atoms with E-state index in [0.717, 1.165) is 12.8 Å². The molecule has 13 heavy (non-hydrogen) atoms. The second-order valence-corrected chi connectivity index (χ2v) is 7.33. The third-order valence-electron chi connectivity index (χ3n) is 2.26. The van der Waals surface area contributed by atoms with Crippen LogP contribution in [0.5, 0.6) is 0 Å². The van der Waals surface area contributed by atoms with Gasteiger partial charge in [0.15, 0.2) is 0 Å². The van der Waals surface area contributed by atoms with Gasteiger partial charge >= 0.3 is 8.80 Å². The van der Waals surface area contributed by atoms with Crippen LogP contribution in [0, 0.1) is 0 Å². The number of hydrogen-bond acceptors (Lipinski definition) is 3. The molecule has 78 valence electrons. The fourth-order valence-electron chi connectivity index (χ4n) is 1.75. The van der Waals surface area contributed by atoms with Gasteiger partial charge in [-0.15, -0.1) is 0 Å². The zero-order valence-corrected chi connectivity index (χ0v) is 10.2. The number of rotatable bonds is 0. The van der Waals surface area contributed by atoms with Crippen molar-refractivity contribution >= 4 is 8.80 Å². The Labute approximate surface area is 81.4 Å². The molecule has 1 fully saturated rings. The van der Waals surface area contributed by atoms with Gasteiger partial charge in [0.25, 0.3) is 0 Å². The average molecular weight is 204 g/mol. The molecule has 3 nitrogen and oxygen atoms in total. The Balaban J connectivity index is 2.82. The summed E-state index contributed by atoms with van der Waals surface area (Å²) in [4.78, 5) is 9.92. The van der Waals surface area contributed by atoms with Crippen LogP contribution in [0.25, 0.3) is 0 Å². The Hall–Kier alpha value is 0.0969. The second-order valence-electron chi connectivity index (χ2n) is 5.12. The zero-order valence-electron chi connectivity index (χ0n) is 9.18. The first kappa shape index (κ1) is 11.2. The topological polar surface area (TPSA) is 38.7 Å². The van der Waals surface area contributed by atoms with E-state index in [0.29, 0.717) is 0 Å². The standard InChI is InChI=1S/C9H20O3Si/c1-8(2)6-7-9(3,4)12-13(5,10)11-8/h10H,6-7H2,1-5H3. The predicted molar refractivity (Wildman–Crippen MR) is 53.4 cm³/mol. The first-order valence-corrected chi connectivity index (χ1v) is 7.01. The highest BCUT2D eigenvalue weighted by Gasteiger charge is 2.45. The second kappa shape index (κ2) is 3.05. The smallest absolute Gasteiger partial charge is 0.390 e. The zero-order chi connectivity index (χ0) is 10.3. The Morgan fingerprint density at radius 1 is 1.00 bits per heavy atom. The van der Waals surface area contributed by atoms with Crippen LogP contribution in [0.2, 0.25) is 6.55 Å². The molecule has 1 rings (SSSR count). The van der Waals surface area contributed by atoms with Crippen molar-refractivity contribution in [3.8, 4) is 0 Å². The monoisotopic (exact) mass is 204 g/mol. The molecule has 0 saturated carbocycles. The van der Waals surface area contributed by atoms with Gasteiger partial charge in [-0.1, -0.05) is 0 Å². The lowest BCUT2D eigenvalue weighted by molar-refractivity contribution is 0.00122. The lowest BCUT2D eigenvalue weighted by atomic mass is 9.94. The van der Waals surface area contributed by atoms with E-state index >= 15 is 0 Å². The molecule has 0 atom stereocenters. The molecule has 1 aliphatic heterocycles. The molecule has 4 heteroatoms. The first-order valence-electron chi connectivity index (χ1n) is 4.75. The summed E-state index contributed by atoms with van der Waals surface area (Å²) in [7, 11) is -2.91. The van der Waals surface area contributed by atoms with E-state index in [1.54, 1.807) is 6.55 Å². The molecule has 0 aromatic rings. The van der Waals surface area contributed by atoms with E-state index in [2.05, 4.69) is 0 Å². The molecule has 0 aliphatic carbocycles. The molecule has 1 heterocycles. The van der Waals surface area contributed by atoms with Gasteiger partial charge in [0.2, 0.25) is 0 Å². The lowest BCUT2D eigenvalue weighted by Gasteiger charge is -2.30. The third-order valence-corrected chi connectivity index (χ3v) is 4.12. The molecule has 1 N–H and O–H groups in total. The maximum absolute atomic E-state index is 9.92. The Bertz CT molecular complexity index is 179. The van der Waals surface area contributed by atoms with Gasteiger partial charge in [0.05, 0.1) is 11.2 Å². The highest BCUT2D eigenvalue weighted by atomic mass is 28.4. The molecule has 0 spiro atoms. The molecular formula is C9H20O3Si. The quantitative estimate of drug-likeness (QED) is 0.613. The molecule has 1 saturated heterocycles. The van der Waals surface area contributed by atoms with E-state index in [-0.39, 0.29) is 11.2 Å². The third kappa shape index (κ3) is 3.38. The van der Waals surface area contributed by atoms with Crippen LogP contribution in [-0.4, -0.2) is 24.8 Å². The van der Waals surface area contributed by atoms with Gasteiger partial charge < -0.3 is 13.6 Å². The van der Waals surface area contributed by atoms with Crippen LogP contribution >= 0.6 is 0 Å². The summed E-state index contributed by atoms with van der Waals surface area (Å²) in [5.41, 5.74) is -0.521. The van der Waals surface area contributed by atoms with Crippen molar-refractivity contribution in [2.24, 2.45) is 0 Å². The van der Waals surface area contributed by atoms with E-state index < -0.39 is 8.80 Å². The first-order chi connectivity index (χ1) is 5.62. The summed E-state index contributed by atoms with van der Waals surface area (Å²) in [6.07, 6.45) is 1.84. The van der Waals surface area contributed by atoms with Crippen molar-refractivity contribution in [3.63, 3.8) is 0 Å². The highest BCUT2D eigenvalue weighted by Crippen LogP contribution is 2.33. The Morgan fingerprint density at radius 3 is 1.62 bits per heavy atom. The largest absolute Gasteiger partial charge is 0.495 e. The fraction of sp³-hybridized carbons (Fsp3) is 1.00. The molecular weight excluding hydrogens is 184 g/mol.